The Hall–Kier alpha value is -3.54. The molecule has 4 rings (SSSR count). The smallest absolute Gasteiger partial charge is 0.352 e. The topological polar surface area (TPSA) is 148 Å². The summed E-state index contributed by atoms with van der Waals surface area (Å²) < 4.78 is 0. The van der Waals surface area contributed by atoms with E-state index in [1.54, 1.807) is 37.3 Å². The number of hydrogen-bond acceptors (Lipinski definition) is 6. The van der Waals surface area contributed by atoms with E-state index in [1.165, 1.54) is 16.7 Å². The zero-order valence-electron chi connectivity index (χ0n) is 17.0. The minimum atomic E-state index is -1.19. The van der Waals surface area contributed by atoms with Gasteiger partial charge in [0.25, 0.3) is 5.91 Å². The molecule has 3 heterocycles. The Morgan fingerprint density at radius 3 is 2.56 bits per heavy atom. The Morgan fingerprint density at radius 1 is 1.22 bits per heavy atom. The number of hydrogen-bond donors (Lipinski definition) is 4. The lowest BCUT2D eigenvalue weighted by atomic mass is 10.0. The van der Waals surface area contributed by atoms with Gasteiger partial charge in [0.05, 0.1) is 0 Å². The highest BCUT2D eigenvalue weighted by molar-refractivity contribution is 8.00. The van der Waals surface area contributed by atoms with Crippen LogP contribution in [0.4, 0.5) is 9.59 Å². The Balaban J connectivity index is 1.51. The predicted molar refractivity (Wildman–Crippen MR) is 113 cm³/mol. The third-order valence-electron chi connectivity index (χ3n) is 5.42. The summed E-state index contributed by atoms with van der Waals surface area (Å²) in [5.41, 5.74) is 0.993. The Labute approximate surface area is 187 Å². The number of thioether (sulfide) groups is 1. The molecule has 2 saturated heterocycles. The van der Waals surface area contributed by atoms with Crippen LogP contribution in [0.2, 0.25) is 0 Å². The molecule has 32 heavy (non-hydrogen) atoms. The van der Waals surface area contributed by atoms with Crippen LogP contribution in [-0.2, 0) is 14.4 Å². The molecule has 0 saturated carbocycles. The van der Waals surface area contributed by atoms with Crippen LogP contribution in [0.1, 0.15) is 18.5 Å². The molecule has 1 aromatic carbocycles. The summed E-state index contributed by atoms with van der Waals surface area (Å²) in [5.74, 6) is -1.93. The van der Waals surface area contributed by atoms with Gasteiger partial charge < -0.3 is 21.1 Å². The number of amides is 6. The first-order valence-corrected chi connectivity index (χ1v) is 10.9. The van der Waals surface area contributed by atoms with Gasteiger partial charge in [-0.2, -0.15) is 0 Å². The van der Waals surface area contributed by atoms with Crippen LogP contribution in [-0.4, -0.2) is 75.0 Å². The molecular weight excluding hydrogens is 438 g/mol. The summed E-state index contributed by atoms with van der Waals surface area (Å²) in [5, 5.41) is 16.6. The second-order valence-corrected chi connectivity index (χ2v) is 8.61. The van der Waals surface area contributed by atoms with E-state index in [2.05, 4.69) is 16.0 Å². The van der Waals surface area contributed by atoms with Crippen molar-refractivity contribution in [2.24, 2.45) is 0 Å². The van der Waals surface area contributed by atoms with Crippen LogP contribution in [0.5, 0.6) is 0 Å². The zero-order valence-corrected chi connectivity index (χ0v) is 17.8. The SMILES string of the molecule is CC1=C(C(=O)O)N2C(=O)[C@@H](NC(=O)C(NC(=O)N3CCNC3=O)c3ccccc3)[C@H]2SC1. The zero-order chi connectivity index (χ0) is 23.0. The standard InChI is InChI=1S/C20H21N5O6S/c1-10-9-32-17-13(16(27)25(17)14(10)18(28)29)22-15(26)12(11-5-3-2-4-6-11)23-20(31)24-8-7-21-19(24)30/h2-6,12-13,17H,7-9H2,1H3,(H,21,30)(H,22,26)(H,23,31)(H,28,29)/t12?,13-,17-/m1/s1. The summed E-state index contributed by atoms with van der Waals surface area (Å²) in [6.07, 6.45) is 0. The maximum absolute atomic E-state index is 13.1. The number of rotatable bonds is 5. The highest BCUT2D eigenvalue weighted by atomic mass is 32.2. The van der Waals surface area contributed by atoms with Crippen LogP contribution >= 0.6 is 11.8 Å². The molecule has 12 heteroatoms. The largest absolute Gasteiger partial charge is 0.477 e. The Bertz CT molecular complexity index is 1030. The highest BCUT2D eigenvalue weighted by Crippen LogP contribution is 2.40. The summed E-state index contributed by atoms with van der Waals surface area (Å²) in [6, 6.07) is 5.08. The first-order chi connectivity index (χ1) is 15.3. The fourth-order valence-electron chi connectivity index (χ4n) is 3.82. The van der Waals surface area contributed by atoms with Gasteiger partial charge in [-0.15, -0.1) is 11.8 Å². The number of β-lactam (4-membered cyclic amide) rings is 1. The maximum Gasteiger partial charge on any atom is 0.352 e. The number of imide groups is 1. The number of carboxylic acid groups (broad SMARTS) is 1. The highest BCUT2D eigenvalue weighted by Gasteiger charge is 2.54. The van der Waals surface area contributed by atoms with Gasteiger partial charge in [0.1, 0.15) is 23.2 Å². The van der Waals surface area contributed by atoms with Crippen molar-refractivity contribution in [3.8, 4) is 0 Å². The summed E-state index contributed by atoms with van der Waals surface area (Å²) in [6.45, 7) is 2.15. The molecular formula is C20H21N5O6S. The lowest BCUT2D eigenvalue weighted by Crippen LogP contribution is -2.71. The first kappa shape index (κ1) is 21.7. The molecule has 0 bridgehead atoms. The van der Waals surface area contributed by atoms with E-state index >= 15 is 0 Å². The number of urea groups is 2. The van der Waals surface area contributed by atoms with Crippen molar-refractivity contribution in [3.63, 3.8) is 0 Å². The molecule has 0 aromatic heterocycles. The van der Waals surface area contributed by atoms with Crippen molar-refractivity contribution in [1.82, 2.24) is 25.8 Å². The average molecular weight is 459 g/mol. The summed E-state index contributed by atoms with van der Waals surface area (Å²) >= 11 is 1.36. The number of nitrogens with zero attached hydrogens (tertiary/aromatic N) is 2. The third-order valence-corrected chi connectivity index (χ3v) is 6.85. The van der Waals surface area contributed by atoms with E-state index in [-0.39, 0.29) is 12.2 Å². The average Bonchev–Trinajstić information content (AvgIpc) is 3.21. The molecule has 3 aliphatic rings. The molecule has 1 unspecified atom stereocenters. The molecule has 0 spiro atoms. The van der Waals surface area contributed by atoms with E-state index in [0.717, 1.165) is 4.90 Å². The van der Waals surface area contributed by atoms with Gasteiger partial charge in [-0.1, -0.05) is 30.3 Å². The molecule has 4 N–H and O–H groups in total. The van der Waals surface area contributed by atoms with Gasteiger partial charge >= 0.3 is 18.0 Å². The molecule has 3 atom stereocenters. The monoisotopic (exact) mass is 459 g/mol. The second kappa shape index (κ2) is 8.54. The summed E-state index contributed by atoms with van der Waals surface area (Å²) in [7, 11) is 0. The number of carboxylic acids is 1. The van der Waals surface area contributed by atoms with Crippen molar-refractivity contribution < 1.29 is 29.1 Å². The van der Waals surface area contributed by atoms with Crippen LogP contribution in [0.25, 0.3) is 0 Å². The van der Waals surface area contributed by atoms with Crippen LogP contribution in [0, 0.1) is 0 Å². The first-order valence-electron chi connectivity index (χ1n) is 9.88. The predicted octanol–water partition coefficient (Wildman–Crippen LogP) is 0.221. The van der Waals surface area contributed by atoms with Crippen molar-refractivity contribution in [3.05, 3.63) is 47.2 Å². The molecule has 2 fully saturated rings. The third kappa shape index (κ3) is 3.77. The van der Waals surface area contributed by atoms with Crippen molar-refractivity contribution in [1.29, 1.82) is 0 Å². The molecule has 6 amide bonds. The number of aliphatic carboxylic acids is 1. The fraction of sp³-hybridized carbons (Fsp3) is 0.350. The molecule has 0 aliphatic carbocycles. The lowest BCUT2D eigenvalue weighted by molar-refractivity contribution is -0.151. The van der Waals surface area contributed by atoms with E-state index in [0.29, 0.717) is 23.4 Å². The number of nitrogens with one attached hydrogen (secondary N) is 3. The lowest BCUT2D eigenvalue weighted by Gasteiger charge is -2.49. The molecule has 1 aromatic rings. The van der Waals surface area contributed by atoms with Gasteiger partial charge in [0.2, 0.25) is 5.91 Å². The molecule has 3 aliphatic heterocycles. The molecule has 0 radical (unpaired) electrons. The van der Waals surface area contributed by atoms with Crippen LogP contribution in [0.15, 0.2) is 41.6 Å². The molecule has 11 nitrogen and oxygen atoms in total. The molecule has 168 valence electrons. The maximum atomic E-state index is 13.1. The fourth-order valence-corrected chi connectivity index (χ4v) is 5.12. The minimum absolute atomic E-state index is 0.0581. The number of carbonyl (C=O) groups is 5. The number of fused-ring (bicyclic) bond motifs is 1. The van der Waals surface area contributed by atoms with E-state index in [9.17, 15) is 29.1 Å². The normalized spacial score (nSPS) is 23.2. The van der Waals surface area contributed by atoms with E-state index in [4.69, 9.17) is 0 Å². The van der Waals surface area contributed by atoms with Gasteiger partial charge in [-0.05, 0) is 18.1 Å². The van der Waals surface area contributed by atoms with Gasteiger partial charge in [-0.3, -0.25) is 14.5 Å². The second-order valence-electron chi connectivity index (χ2n) is 7.51. The van der Waals surface area contributed by atoms with Gasteiger partial charge in [0, 0.05) is 18.8 Å². The van der Waals surface area contributed by atoms with Crippen molar-refractivity contribution in [2.45, 2.75) is 24.4 Å². The number of carbonyl (C=O) groups excluding carboxylic acids is 4. The van der Waals surface area contributed by atoms with Crippen molar-refractivity contribution >= 4 is 41.6 Å². The van der Waals surface area contributed by atoms with Gasteiger partial charge in [0.15, 0.2) is 0 Å². The van der Waals surface area contributed by atoms with Crippen molar-refractivity contribution in [2.75, 3.05) is 18.8 Å². The summed E-state index contributed by atoms with van der Waals surface area (Å²) in [4.78, 5) is 63.9. The van der Waals surface area contributed by atoms with Crippen LogP contribution in [0.3, 0.4) is 0 Å². The van der Waals surface area contributed by atoms with E-state index in [1.807, 2.05) is 0 Å². The Morgan fingerprint density at radius 2 is 1.94 bits per heavy atom. The Kier molecular flexibility index (Phi) is 5.78. The van der Waals surface area contributed by atoms with Crippen LogP contribution < -0.4 is 16.0 Å². The minimum Gasteiger partial charge on any atom is -0.477 e. The number of benzene rings is 1. The quantitative estimate of drug-likeness (QED) is 0.461. The van der Waals surface area contributed by atoms with E-state index < -0.39 is 47.3 Å². The van der Waals surface area contributed by atoms with Gasteiger partial charge in [-0.25, -0.2) is 19.3 Å².